The molecule has 3 heterocycles. The molecule has 3 aromatic heterocycles. The molecule has 0 aliphatic heterocycles. The number of pyridine rings is 1. The number of fused-ring (bicyclic) bond motifs is 2. The van der Waals surface area contributed by atoms with Crippen LogP contribution in [0.15, 0.2) is 82.3 Å². The molecule has 0 radical (unpaired) electrons. The zero-order valence-corrected chi connectivity index (χ0v) is 18.1. The Morgan fingerprint density at radius 3 is 2.74 bits per heavy atom. The fourth-order valence-electron chi connectivity index (χ4n) is 4.06. The van der Waals surface area contributed by atoms with Gasteiger partial charge in [0, 0.05) is 34.7 Å². The van der Waals surface area contributed by atoms with Crippen LogP contribution in [0, 0.1) is 5.82 Å². The first-order valence-electron chi connectivity index (χ1n) is 9.67. The molecule has 2 aromatic carbocycles. The largest absolute Gasteiger partial charge is 0.842 e. The second-order valence-electron chi connectivity index (χ2n) is 7.44. The molecule has 5 rings (SSSR count). The van der Waals surface area contributed by atoms with E-state index in [2.05, 4.69) is 15.9 Å². The number of halogens is 2. The number of hydrogen-bond acceptors (Lipinski definition) is 2. The summed E-state index contributed by atoms with van der Waals surface area (Å²) in [4.78, 5) is 13.2. The zero-order valence-electron chi connectivity index (χ0n) is 16.5. The molecular formula is C24H17BrFN3O2. The van der Waals surface area contributed by atoms with Crippen molar-refractivity contribution in [2.45, 2.75) is 6.54 Å². The molecule has 7 heteroatoms. The van der Waals surface area contributed by atoms with Crippen molar-refractivity contribution in [2.75, 3.05) is 0 Å². The molecular weight excluding hydrogens is 461 g/mol. The lowest BCUT2D eigenvalue weighted by Gasteiger charge is -2.17. The maximum atomic E-state index is 13.7. The predicted molar refractivity (Wildman–Crippen MR) is 118 cm³/mol. The van der Waals surface area contributed by atoms with Gasteiger partial charge in [0.1, 0.15) is 17.9 Å². The molecule has 0 unspecified atom stereocenters. The van der Waals surface area contributed by atoms with Gasteiger partial charge >= 0.3 is 5.56 Å². The first-order chi connectivity index (χ1) is 14.9. The van der Waals surface area contributed by atoms with E-state index in [1.54, 1.807) is 53.2 Å². The minimum Gasteiger partial charge on any atom is -0.842 e. The molecule has 0 saturated carbocycles. The van der Waals surface area contributed by atoms with Crippen LogP contribution in [-0.4, -0.2) is 8.97 Å². The van der Waals surface area contributed by atoms with Crippen LogP contribution in [0.5, 0.6) is 5.88 Å². The number of aryl methyl sites for hydroxylation is 1. The third-order valence-corrected chi connectivity index (χ3v) is 5.98. The van der Waals surface area contributed by atoms with Crippen LogP contribution in [0.3, 0.4) is 0 Å². The molecule has 0 atom stereocenters. The normalized spacial score (nSPS) is 11.5. The lowest BCUT2D eigenvalue weighted by Crippen LogP contribution is -2.44. The van der Waals surface area contributed by atoms with Crippen molar-refractivity contribution < 1.29 is 14.1 Å². The van der Waals surface area contributed by atoms with Gasteiger partial charge in [-0.3, -0.25) is 0 Å². The monoisotopic (exact) mass is 477 g/mol. The third-order valence-electron chi connectivity index (χ3n) is 5.48. The Morgan fingerprint density at radius 1 is 1.10 bits per heavy atom. The van der Waals surface area contributed by atoms with Crippen molar-refractivity contribution in [2.24, 2.45) is 7.05 Å². The van der Waals surface area contributed by atoms with Gasteiger partial charge in [-0.1, -0.05) is 34.1 Å². The first-order valence-corrected chi connectivity index (χ1v) is 10.5. The molecule has 0 fully saturated rings. The maximum absolute atomic E-state index is 13.7. The minimum atomic E-state index is -0.367. The molecule has 5 aromatic rings. The van der Waals surface area contributed by atoms with Crippen molar-refractivity contribution in [3.05, 3.63) is 99.3 Å². The summed E-state index contributed by atoms with van der Waals surface area (Å²) < 4.78 is 19.4. The highest BCUT2D eigenvalue weighted by molar-refractivity contribution is 9.10. The average Bonchev–Trinajstić information content (AvgIpc) is 3.06. The quantitative estimate of drug-likeness (QED) is 0.371. The molecule has 0 spiro atoms. The van der Waals surface area contributed by atoms with Crippen molar-refractivity contribution >= 4 is 32.5 Å². The highest BCUT2D eigenvalue weighted by Gasteiger charge is 2.21. The molecule has 5 nitrogen and oxygen atoms in total. The van der Waals surface area contributed by atoms with Crippen LogP contribution in [0.25, 0.3) is 27.7 Å². The summed E-state index contributed by atoms with van der Waals surface area (Å²) in [7, 11) is 1.84. The van der Waals surface area contributed by atoms with E-state index in [1.807, 2.05) is 23.9 Å². The van der Waals surface area contributed by atoms with E-state index in [0.29, 0.717) is 11.2 Å². The lowest BCUT2D eigenvalue weighted by atomic mass is 10.1. The fraction of sp³-hybridized carbons (Fsp3) is 0.0833. The molecule has 154 valence electrons. The highest BCUT2D eigenvalue weighted by Crippen LogP contribution is 2.26. The van der Waals surface area contributed by atoms with Gasteiger partial charge in [0.05, 0.1) is 17.6 Å². The van der Waals surface area contributed by atoms with Crippen LogP contribution >= 0.6 is 15.9 Å². The van der Waals surface area contributed by atoms with Crippen LogP contribution in [0.4, 0.5) is 4.39 Å². The van der Waals surface area contributed by atoms with Gasteiger partial charge in [0.15, 0.2) is 0 Å². The van der Waals surface area contributed by atoms with Gasteiger partial charge < -0.3 is 9.67 Å². The van der Waals surface area contributed by atoms with E-state index in [0.717, 1.165) is 20.9 Å². The minimum absolute atomic E-state index is 0.108. The van der Waals surface area contributed by atoms with Crippen LogP contribution in [0.1, 0.15) is 5.56 Å². The van der Waals surface area contributed by atoms with E-state index >= 15 is 0 Å². The smallest absolute Gasteiger partial charge is 0.349 e. The summed E-state index contributed by atoms with van der Waals surface area (Å²) in [6, 6.07) is 17.1. The average molecular weight is 478 g/mol. The summed E-state index contributed by atoms with van der Waals surface area (Å²) in [5.74, 6) is -0.681. The maximum Gasteiger partial charge on any atom is 0.349 e. The van der Waals surface area contributed by atoms with E-state index < -0.39 is 0 Å². The van der Waals surface area contributed by atoms with Gasteiger partial charge in [-0.05, 0) is 42.0 Å². The summed E-state index contributed by atoms with van der Waals surface area (Å²) in [6.07, 6.45) is 3.55. The van der Waals surface area contributed by atoms with Gasteiger partial charge in [-0.15, -0.1) is 0 Å². The Hall–Kier alpha value is -3.45. The fourth-order valence-corrected chi connectivity index (χ4v) is 4.46. The number of hydrogen-bond donors (Lipinski definition) is 0. The topological polar surface area (TPSA) is 53.3 Å². The number of aromatic nitrogens is 3. The van der Waals surface area contributed by atoms with Crippen molar-refractivity contribution in [1.82, 2.24) is 8.97 Å². The molecule has 0 bridgehead atoms. The molecule has 0 N–H and O–H groups in total. The van der Waals surface area contributed by atoms with E-state index in [1.165, 1.54) is 16.5 Å². The first kappa shape index (κ1) is 19.5. The van der Waals surface area contributed by atoms with Crippen LogP contribution < -0.4 is 15.2 Å². The second kappa shape index (κ2) is 7.35. The van der Waals surface area contributed by atoms with Crippen LogP contribution in [0.2, 0.25) is 0 Å². The molecule has 0 amide bonds. The Bertz CT molecular complexity index is 1540. The summed E-state index contributed by atoms with van der Waals surface area (Å²) in [5.41, 5.74) is 2.40. The summed E-state index contributed by atoms with van der Waals surface area (Å²) >= 11 is 3.42. The van der Waals surface area contributed by atoms with E-state index in [4.69, 9.17) is 0 Å². The molecule has 0 aliphatic carbocycles. The Kier molecular flexibility index (Phi) is 4.63. The van der Waals surface area contributed by atoms with Crippen molar-refractivity contribution in [3.8, 4) is 17.0 Å². The SMILES string of the molecule is Cn1cc(C[n+]2c([O-])c(-c3cccc(Br)c3)c(=O)n3ccccc32)c2ccc(F)cc21. The Balaban J connectivity index is 1.79. The number of benzene rings is 2. The number of nitrogens with zero attached hydrogens (tertiary/aromatic N) is 3. The number of rotatable bonds is 3. The highest BCUT2D eigenvalue weighted by atomic mass is 79.9. The van der Waals surface area contributed by atoms with Gasteiger partial charge in [0.2, 0.25) is 0 Å². The van der Waals surface area contributed by atoms with E-state index in [-0.39, 0.29) is 29.4 Å². The molecule has 31 heavy (non-hydrogen) atoms. The summed E-state index contributed by atoms with van der Waals surface area (Å²) in [5, 5.41) is 14.4. The zero-order chi connectivity index (χ0) is 21.7. The standard InChI is InChI=1S/C24H17BrFN3O2/c1-27-13-16(19-9-8-18(26)12-20(19)27)14-29-21-7-2-3-10-28(21)23(30)22(24(29)31)15-5-4-6-17(25)11-15/h2-13H,14H2,1H3. The van der Waals surface area contributed by atoms with E-state index in [9.17, 15) is 14.3 Å². The second-order valence-corrected chi connectivity index (χ2v) is 8.35. The van der Waals surface area contributed by atoms with Gasteiger partial charge in [0.25, 0.3) is 5.65 Å². The van der Waals surface area contributed by atoms with Gasteiger partial charge in [-0.25, -0.2) is 13.8 Å². The Labute approximate surface area is 185 Å². The predicted octanol–water partition coefficient (Wildman–Crippen LogP) is 3.77. The van der Waals surface area contributed by atoms with Crippen molar-refractivity contribution in [1.29, 1.82) is 0 Å². The van der Waals surface area contributed by atoms with Crippen molar-refractivity contribution in [3.63, 3.8) is 0 Å². The molecule has 0 aliphatic rings. The Morgan fingerprint density at radius 2 is 1.94 bits per heavy atom. The lowest BCUT2D eigenvalue weighted by molar-refractivity contribution is -0.708. The summed E-state index contributed by atoms with van der Waals surface area (Å²) in [6.45, 7) is 0.247. The third kappa shape index (κ3) is 3.21. The van der Waals surface area contributed by atoms with Crippen LogP contribution in [-0.2, 0) is 13.6 Å². The van der Waals surface area contributed by atoms with Gasteiger partial charge in [-0.2, -0.15) is 4.40 Å². The molecule has 0 saturated heterocycles.